The lowest BCUT2D eigenvalue weighted by Crippen LogP contribution is -2.36. The Hall–Kier alpha value is -2.38. The molecule has 1 aliphatic heterocycles. The van der Waals surface area contributed by atoms with Crippen molar-refractivity contribution in [3.63, 3.8) is 0 Å². The van der Waals surface area contributed by atoms with Crippen molar-refractivity contribution < 1.29 is 23.6 Å². The van der Waals surface area contributed by atoms with Gasteiger partial charge in [0, 0.05) is 19.0 Å². The van der Waals surface area contributed by atoms with E-state index in [4.69, 9.17) is 9.47 Å². The molecule has 7 nitrogen and oxygen atoms in total. The molecule has 1 unspecified atom stereocenters. The van der Waals surface area contributed by atoms with Gasteiger partial charge in [-0.2, -0.15) is 0 Å². The van der Waals surface area contributed by atoms with E-state index in [1.807, 2.05) is 0 Å². The van der Waals surface area contributed by atoms with Gasteiger partial charge in [0.25, 0.3) is 5.69 Å². The molecule has 2 rings (SSSR count). The SMILES string of the molecule is CC(C)(C)OC(=O)N1CCC(Oc2ccc([N+](=O)[O-])cc2F)C1. The molecule has 1 fully saturated rings. The summed E-state index contributed by atoms with van der Waals surface area (Å²) in [7, 11) is 0. The van der Waals surface area contributed by atoms with Crippen molar-refractivity contribution in [1.82, 2.24) is 4.90 Å². The first-order valence-corrected chi connectivity index (χ1v) is 7.24. The van der Waals surface area contributed by atoms with Crippen molar-refractivity contribution in [3.05, 3.63) is 34.1 Å². The molecule has 0 saturated carbocycles. The number of likely N-dealkylation sites (tertiary alicyclic amines) is 1. The van der Waals surface area contributed by atoms with E-state index in [-0.39, 0.29) is 24.1 Å². The quantitative estimate of drug-likeness (QED) is 0.629. The number of amides is 1. The number of hydrogen-bond acceptors (Lipinski definition) is 5. The van der Waals surface area contributed by atoms with Crippen LogP contribution >= 0.6 is 0 Å². The van der Waals surface area contributed by atoms with Crippen molar-refractivity contribution in [2.45, 2.75) is 38.9 Å². The van der Waals surface area contributed by atoms with E-state index in [1.165, 1.54) is 17.0 Å². The molecule has 8 heteroatoms. The standard InChI is InChI=1S/C15H19FN2O5/c1-15(2,3)23-14(19)17-7-6-11(9-17)22-13-5-4-10(18(20)21)8-12(13)16/h4-5,8,11H,6-7,9H2,1-3H3. The number of nitrogens with zero attached hydrogens (tertiary/aromatic N) is 2. The van der Waals surface area contributed by atoms with Gasteiger partial charge < -0.3 is 14.4 Å². The van der Waals surface area contributed by atoms with Crippen LogP contribution in [0.5, 0.6) is 5.75 Å². The average Bonchev–Trinajstić information content (AvgIpc) is 2.87. The minimum Gasteiger partial charge on any atom is -0.485 e. The van der Waals surface area contributed by atoms with Gasteiger partial charge in [-0.3, -0.25) is 10.1 Å². The van der Waals surface area contributed by atoms with Gasteiger partial charge >= 0.3 is 6.09 Å². The van der Waals surface area contributed by atoms with E-state index < -0.39 is 22.4 Å². The monoisotopic (exact) mass is 326 g/mol. The highest BCUT2D eigenvalue weighted by Gasteiger charge is 2.31. The normalized spacial score (nSPS) is 17.9. The van der Waals surface area contributed by atoms with Gasteiger partial charge in [-0.25, -0.2) is 9.18 Å². The zero-order valence-electron chi connectivity index (χ0n) is 13.2. The first kappa shape index (κ1) is 17.0. The predicted octanol–water partition coefficient (Wildman–Crippen LogP) is 3.12. The fourth-order valence-corrected chi connectivity index (χ4v) is 2.20. The summed E-state index contributed by atoms with van der Waals surface area (Å²) in [5, 5.41) is 10.6. The molecule has 0 spiro atoms. The summed E-state index contributed by atoms with van der Waals surface area (Å²) in [5.74, 6) is -0.860. The molecule has 0 aromatic heterocycles. The fourth-order valence-electron chi connectivity index (χ4n) is 2.20. The topological polar surface area (TPSA) is 81.9 Å². The number of ether oxygens (including phenoxy) is 2. The Morgan fingerprint density at radius 2 is 2.13 bits per heavy atom. The van der Waals surface area contributed by atoms with Gasteiger partial charge in [-0.05, 0) is 26.8 Å². The van der Waals surface area contributed by atoms with E-state index in [0.29, 0.717) is 13.0 Å². The minimum absolute atomic E-state index is 0.0633. The molecule has 0 radical (unpaired) electrons. The third-order valence-electron chi connectivity index (χ3n) is 3.22. The maximum atomic E-state index is 13.8. The van der Waals surface area contributed by atoms with Gasteiger partial charge in [-0.15, -0.1) is 0 Å². The van der Waals surface area contributed by atoms with Gasteiger partial charge in [-0.1, -0.05) is 0 Å². The lowest BCUT2D eigenvalue weighted by Gasteiger charge is -2.24. The molecule has 1 aromatic rings. The first-order valence-electron chi connectivity index (χ1n) is 7.24. The summed E-state index contributed by atoms with van der Waals surface area (Å²) in [6, 6.07) is 3.22. The van der Waals surface area contributed by atoms with Crippen molar-refractivity contribution in [2.24, 2.45) is 0 Å². The van der Waals surface area contributed by atoms with Gasteiger partial charge in [0.1, 0.15) is 11.7 Å². The van der Waals surface area contributed by atoms with E-state index in [1.54, 1.807) is 20.8 Å². The van der Waals surface area contributed by atoms with Crippen LogP contribution in [-0.2, 0) is 4.74 Å². The van der Waals surface area contributed by atoms with E-state index in [0.717, 1.165) is 6.07 Å². The maximum Gasteiger partial charge on any atom is 0.410 e. The number of halogens is 1. The maximum absolute atomic E-state index is 13.8. The fraction of sp³-hybridized carbons (Fsp3) is 0.533. The van der Waals surface area contributed by atoms with Gasteiger partial charge in [0.2, 0.25) is 0 Å². The summed E-state index contributed by atoms with van der Waals surface area (Å²) in [5.41, 5.74) is -0.919. The lowest BCUT2D eigenvalue weighted by atomic mass is 10.2. The van der Waals surface area contributed by atoms with Crippen LogP contribution in [0.4, 0.5) is 14.9 Å². The summed E-state index contributed by atoms with van der Waals surface area (Å²) in [6.45, 7) is 6.07. The smallest absolute Gasteiger partial charge is 0.410 e. The molecule has 1 saturated heterocycles. The van der Waals surface area contributed by atoms with E-state index >= 15 is 0 Å². The number of hydrogen-bond donors (Lipinski definition) is 0. The van der Waals surface area contributed by atoms with Crippen molar-refractivity contribution in [3.8, 4) is 5.75 Å². The molecule has 1 heterocycles. The third kappa shape index (κ3) is 4.54. The van der Waals surface area contributed by atoms with Crippen LogP contribution in [0.1, 0.15) is 27.2 Å². The third-order valence-corrected chi connectivity index (χ3v) is 3.22. The first-order chi connectivity index (χ1) is 10.7. The zero-order valence-corrected chi connectivity index (χ0v) is 13.2. The highest BCUT2D eigenvalue weighted by molar-refractivity contribution is 5.68. The summed E-state index contributed by atoms with van der Waals surface area (Å²) < 4.78 is 24.6. The second kappa shape index (κ2) is 6.39. The number of rotatable bonds is 3. The van der Waals surface area contributed by atoms with Crippen LogP contribution in [0.15, 0.2) is 18.2 Å². The number of nitro groups is 1. The molecule has 23 heavy (non-hydrogen) atoms. The Morgan fingerprint density at radius 3 is 2.70 bits per heavy atom. The number of benzene rings is 1. The van der Waals surface area contributed by atoms with Crippen LogP contribution in [0.3, 0.4) is 0 Å². The lowest BCUT2D eigenvalue weighted by molar-refractivity contribution is -0.385. The Kier molecular flexibility index (Phi) is 4.72. The Labute approximate surface area is 133 Å². The molecular formula is C15H19FN2O5. The molecule has 1 amide bonds. The van der Waals surface area contributed by atoms with Crippen molar-refractivity contribution >= 4 is 11.8 Å². The number of nitro benzene ring substituents is 1. The summed E-state index contributed by atoms with van der Waals surface area (Å²) in [6.07, 6.45) is -0.276. The zero-order chi connectivity index (χ0) is 17.2. The summed E-state index contributed by atoms with van der Waals surface area (Å²) >= 11 is 0. The molecule has 126 valence electrons. The molecule has 1 atom stereocenters. The van der Waals surface area contributed by atoms with Crippen molar-refractivity contribution in [2.75, 3.05) is 13.1 Å². The van der Waals surface area contributed by atoms with E-state index in [9.17, 15) is 19.3 Å². The molecule has 1 aromatic carbocycles. The minimum atomic E-state index is -0.796. The molecule has 0 N–H and O–H groups in total. The molecule has 0 bridgehead atoms. The highest BCUT2D eigenvalue weighted by Crippen LogP contribution is 2.26. The average molecular weight is 326 g/mol. The van der Waals surface area contributed by atoms with Crippen LogP contribution in [0.25, 0.3) is 0 Å². The van der Waals surface area contributed by atoms with Crippen molar-refractivity contribution in [1.29, 1.82) is 0 Å². The molecule has 0 aliphatic carbocycles. The van der Waals surface area contributed by atoms with Gasteiger partial charge in [0.15, 0.2) is 11.6 Å². The second-order valence-electron chi connectivity index (χ2n) is 6.33. The Balaban J connectivity index is 1.96. The predicted molar refractivity (Wildman–Crippen MR) is 79.9 cm³/mol. The van der Waals surface area contributed by atoms with Gasteiger partial charge in [0.05, 0.1) is 17.5 Å². The Bertz CT molecular complexity index is 614. The van der Waals surface area contributed by atoms with Crippen LogP contribution < -0.4 is 4.74 Å². The largest absolute Gasteiger partial charge is 0.485 e. The highest BCUT2D eigenvalue weighted by atomic mass is 19.1. The van der Waals surface area contributed by atoms with Crippen LogP contribution in [-0.4, -0.2) is 40.7 Å². The molecule has 1 aliphatic rings. The summed E-state index contributed by atoms with van der Waals surface area (Å²) in [4.78, 5) is 23.4. The second-order valence-corrected chi connectivity index (χ2v) is 6.33. The molecular weight excluding hydrogens is 307 g/mol. The Morgan fingerprint density at radius 1 is 1.43 bits per heavy atom. The number of non-ortho nitro benzene ring substituents is 1. The van der Waals surface area contributed by atoms with E-state index in [2.05, 4.69) is 0 Å². The van der Waals surface area contributed by atoms with Crippen LogP contribution in [0.2, 0.25) is 0 Å². The van der Waals surface area contributed by atoms with Crippen LogP contribution in [0, 0.1) is 15.9 Å². The number of carbonyl (C=O) groups is 1. The number of carbonyl (C=O) groups excluding carboxylic acids is 1.